The van der Waals surface area contributed by atoms with E-state index in [4.69, 9.17) is 15.8 Å². The zero-order chi connectivity index (χ0) is 13.7. The van der Waals surface area contributed by atoms with Crippen LogP contribution in [0.3, 0.4) is 0 Å². The largest absolute Gasteiger partial charge is 0.488 e. The van der Waals surface area contributed by atoms with Crippen molar-refractivity contribution >= 4 is 17.2 Å². The van der Waals surface area contributed by atoms with Gasteiger partial charge in [0.2, 0.25) is 0 Å². The molecule has 19 heavy (non-hydrogen) atoms. The molecule has 2 aromatic rings. The highest BCUT2D eigenvalue weighted by atomic mass is 32.1. The predicted molar refractivity (Wildman–Crippen MR) is 71.5 cm³/mol. The van der Waals surface area contributed by atoms with Gasteiger partial charge < -0.3 is 4.74 Å². The Balaban J connectivity index is 1.96. The first-order chi connectivity index (χ1) is 9.22. The van der Waals surface area contributed by atoms with Crippen molar-refractivity contribution in [1.82, 2.24) is 5.43 Å². The highest BCUT2D eigenvalue weighted by molar-refractivity contribution is 7.14. The Morgan fingerprint density at radius 1 is 1.32 bits per heavy atom. The van der Waals surface area contributed by atoms with Gasteiger partial charge in [0.25, 0.3) is 5.91 Å². The molecule has 0 aliphatic carbocycles. The molecule has 0 aliphatic rings. The standard InChI is InChI=1S/C13H11N3O2S/c14-7-9-1-3-10(4-2-9)18-8-11-5-6-12(19-11)13(17)16-15/h1-6H,8,15H2,(H,16,17). The monoisotopic (exact) mass is 273 g/mol. The van der Waals surface area contributed by atoms with E-state index in [0.717, 1.165) is 4.88 Å². The van der Waals surface area contributed by atoms with Gasteiger partial charge >= 0.3 is 0 Å². The third-order valence-electron chi connectivity index (χ3n) is 2.38. The van der Waals surface area contributed by atoms with Crippen LogP contribution in [0.25, 0.3) is 0 Å². The van der Waals surface area contributed by atoms with Crippen LogP contribution in [0.1, 0.15) is 20.1 Å². The van der Waals surface area contributed by atoms with Crippen LogP contribution < -0.4 is 16.0 Å². The number of thiophene rings is 1. The zero-order valence-corrected chi connectivity index (χ0v) is 10.7. The molecule has 1 aromatic heterocycles. The number of carbonyl (C=O) groups excluding carboxylic acids is 1. The summed E-state index contributed by atoms with van der Waals surface area (Å²) in [7, 11) is 0. The van der Waals surface area contributed by atoms with Crippen LogP contribution in [-0.2, 0) is 6.61 Å². The number of carbonyl (C=O) groups is 1. The lowest BCUT2D eigenvalue weighted by atomic mass is 10.2. The molecular weight excluding hydrogens is 262 g/mol. The van der Waals surface area contributed by atoms with Crippen LogP contribution in [0, 0.1) is 11.3 Å². The minimum absolute atomic E-state index is 0.311. The van der Waals surface area contributed by atoms with E-state index in [2.05, 4.69) is 5.43 Å². The van der Waals surface area contributed by atoms with Gasteiger partial charge in [-0.3, -0.25) is 10.2 Å². The first-order valence-electron chi connectivity index (χ1n) is 5.45. The van der Waals surface area contributed by atoms with Crippen LogP contribution in [0.2, 0.25) is 0 Å². The number of hydrogen-bond acceptors (Lipinski definition) is 5. The molecule has 0 saturated heterocycles. The van der Waals surface area contributed by atoms with Crippen LogP contribution in [-0.4, -0.2) is 5.91 Å². The lowest BCUT2D eigenvalue weighted by Crippen LogP contribution is -2.29. The maximum absolute atomic E-state index is 11.3. The zero-order valence-electron chi connectivity index (χ0n) is 9.92. The fourth-order valence-corrected chi connectivity index (χ4v) is 2.25. The smallest absolute Gasteiger partial charge is 0.275 e. The van der Waals surface area contributed by atoms with Crippen molar-refractivity contribution in [3.8, 4) is 11.8 Å². The topological polar surface area (TPSA) is 88.1 Å². The van der Waals surface area contributed by atoms with Crippen molar-refractivity contribution in [2.24, 2.45) is 5.84 Å². The first kappa shape index (κ1) is 13.1. The fourth-order valence-electron chi connectivity index (χ4n) is 1.43. The molecule has 0 spiro atoms. The summed E-state index contributed by atoms with van der Waals surface area (Å²) < 4.78 is 5.56. The Bertz CT molecular complexity index is 614. The SMILES string of the molecule is N#Cc1ccc(OCc2ccc(C(=O)NN)s2)cc1. The van der Waals surface area contributed by atoms with E-state index in [9.17, 15) is 4.79 Å². The second-order valence-corrected chi connectivity index (χ2v) is 4.83. The molecule has 5 nitrogen and oxygen atoms in total. The van der Waals surface area contributed by atoms with E-state index in [0.29, 0.717) is 22.8 Å². The van der Waals surface area contributed by atoms with Gasteiger partial charge in [0.1, 0.15) is 12.4 Å². The van der Waals surface area contributed by atoms with Gasteiger partial charge in [0.05, 0.1) is 16.5 Å². The average Bonchev–Trinajstić information content (AvgIpc) is 2.93. The van der Waals surface area contributed by atoms with Crippen LogP contribution >= 0.6 is 11.3 Å². The molecule has 0 atom stereocenters. The summed E-state index contributed by atoms with van der Waals surface area (Å²) in [6.07, 6.45) is 0. The molecule has 1 heterocycles. The molecule has 6 heteroatoms. The van der Waals surface area contributed by atoms with Gasteiger partial charge in [0, 0.05) is 4.88 Å². The Kier molecular flexibility index (Phi) is 4.13. The van der Waals surface area contributed by atoms with Crippen molar-refractivity contribution in [3.05, 3.63) is 51.7 Å². The Morgan fingerprint density at radius 3 is 2.68 bits per heavy atom. The molecule has 1 amide bonds. The lowest BCUT2D eigenvalue weighted by Gasteiger charge is -2.03. The van der Waals surface area contributed by atoms with E-state index >= 15 is 0 Å². The Morgan fingerprint density at radius 2 is 2.05 bits per heavy atom. The van der Waals surface area contributed by atoms with Gasteiger partial charge in [-0.05, 0) is 36.4 Å². The molecular formula is C13H11N3O2S. The van der Waals surface area contributed by atoms with Crippen LogP contribution in [0.15, 0.2) is 36.4 Å². The number of nitrogen functional groups attached to an aromatic ring is 1. The number of hydrogen-bond donors (Lipinski definition) is 2. The van der Waals surface area contributed by atoms with Gasteiger partial charge in [0.15, 0.2) is 0 Å². The summed E-state index contributed by atoms with van der Waals surface area (Å²) in [4.78, 5) is 12.7. The highest BCUT2D eigenvalue weighted by Gasteiger charge is 2.07. The number of nitriles is 1. The van der Waals surface area contributed by atoms with E-state index < -0.39 is 0 Å². The van der Waals surface area contributed by atoms with Crippen molar-refractivity contribution < 1.29 is 9.53 Å². The third kappa shape index (κ3) is 3.31. The number of amides is 1. The molecule has 1 aromatic carbocycles. The predicted octanol–water partition coefficient (Wildman–Crippen LogP) is 1.80. The van der Waals surface area contributed by atoms with Gasteiger partial charge in [-0.2, -0.15) is 5.26 Å². The highest BCUT2D eigenvalue weighted by Crippen LogP contribution is 2.19. The summed E-state index contributed by atoms with van der Waals surface area (Å²) in [5.41, 5.74) is 2.67. The van der Waals surface area contributed by atoms with Crippen LogP contribution in [0.4, 0.5) is 0 Å². The Labute approximate surface area is 114 Å². The summed E-state index contributed by atoms with van der Waals surface area (Å²) in [5.74, 6) is 5.42. The van der Waals surface area contributed by atoms with Crippen molar-refractivity contribution in [1.29, 1.82) is 5.26 Å². The quantitative estimate of drug-likeness (QED) is 0.505. The van der Waals surface area contributed by atoms with Crippen molar-refractivity contribution in [2.75, 3.05) is 0 Å². The number of hydrazine groups is 1. The summed E-state index contributed by atoms with van der Waals surface area (Å²) in [6.45, 7) is 0.369. The minimum atomic E-state index is -0.311. The van der Waals surface area contributed by atoms with E-state index in [-0.39, 0.29) is 5.91 Å². The van der Waals surface area contributed by atoms with E-state index in [1.165, 1.54) is 11.3 Å². The normalized spacial score (nSPS) is 9.68. The number of nitrogens with one attached hydrogen (secondary N) is 1. The second kappa shape index (κ2) is 6.00. The molecule has 2 rings (SSSR count). The molecule has 0 aliphatic heterocycles. The molecule has 0 unspecified atom stereocenters. The van der Waals surface area contributed by atoms with Crippen molar-refractivity contribution in [2.45, 2.75) is 6.61 Å². The maximum Gasteiger partial charge on any atom is 0.275 e. The molecule has 0 bridgehead atoms. The van der Waals surface area contributed by atoms with E-state index in [1.54, 1.807) is 30.3 Å². The van der Waals surface area contributed by atoms with Crippen molar-refractivity contribution in [3.63, 3.8) is 0 Å². The summed E-state index contributed by atoms with van der Waals surface area (Å²) in [5, 5.41) is 8.68. The summed E-state index contributed by atoms with van der Waals surface area (Å²) in [6, 6.07) is 12.4. The van der Waals surface area contributed by atoms with Gasteiger partial charge in [-0.1, -0.05) is 0 Å². The molecule has 0 radical (unpaired) electrons. The first-order valence-corrected chi connectivity index (χ1v) is 6.27. The molecule has 96 valence electrons. The minimum Gasteiger partial charge on any atom is -0.488 e. The van der Waals surface area contributed by atoms with Gasteiger partial charge in [-0.15, -0.1) is 11.3 Å². The molecule has 3 N–H and O–H groups in total. The van der Waals surface area contributed by atoms with E-state index in [1.807, 2.05) is 12.1 Å². The molecule has 0 fully saturated rings. The number of benzene rings is 1. The number of nitrogens with zero attached hydrogens (tertiary/aromatic N) is 1. The Hall–Kier alpha value is -2.36. The number of nitrogens with two attached hydrogens (primary N) is 1. The fraction of sp³-hybridized carbons (Fsp3) is 0.0769. The third-order valence-corrected chi connectivity index (χ3v) is 3.44. The second-order valence-electron chi connectivity index (χ2n) is 3.66. The van der Waals surface area contributed by atoms with Gasteiger partial charge in [-0.25, -0.2) is 5.84 Å². The number of ether oxygens (including phenoxy) is 1. The van der Waals surface area contributed by atoms with Crippen LogP contribution in [0.5, 0.6) is 5.75 Å². The maximum atomic E-state index is 11.3. The average molecular weight is 273 g/mol. The molecule has 0 saturated carbocycles. The number of rotatable bonds is 4. The summed E-state index contributed by atoms with van der Waals surface area (Å²) >= 11 is 1.32. The lowest BCUT2D eigenvalue weighted by molar-refractivity contribution is 0.0957.